The number of phenols is 1. The van der Waals surface area contributed by atoms with Gasteiger partial charge in [-0.15, -0.1) is 0 Å². The molecule has 0 fully saturated rings. The Kier molecular flexibility index (Phi) is 5.67. The molecule has 1 aliphatic rings. The van der Waals surface area contributed by atoms with Crippen LogP contribution in [-0.2, 0) is 17.8 Å². The first-order chi connectivity index (χ1) is 14.9. The smallest absolute Gasteiger partial charge is 0.258 e. The van der Waals surface area contributed by atoms with E-state index in [1.807, 2.05) is 31.2 Å². The summed E-state index contributed by atoms with van der Waals surface area (Å²) in [5.41, 5.74) is 3.51. The van der Waals surface area contributed by atoms with Crippen molar-refractivity contribution in [1.82, 2.24) is 20.4 Å². The zero-order valence-corrected chi connectivity index (χ0v) is 18.1. The molecule has 1 atom stereocenters. The average Bonchev–Trinajstić information content (AvgIpc) is 3.32. The van der Waals surface area contributed by atoms with Gasteiger partial charge in [0.05, 0.1) is 16.8 Å². The predicted octanol–water partition coefficient (Wildman–Crippen LogP) is 3.69. The van der Waals surface area contributed by atoms with Crippen LogP contribution in [0, 0.1) is 5.92 Å². The van der Waals surface area contributed by atoms with Gasteiger partial charge in [-0.3, -0.25) is 14.7 Å². The molecule has 4 rings (SSSR count). The maximum absolute atomic E-state index is 13.6. The summed E-state index contributed by atoms with van der Waals surface area (Å²) in [4.78, 5) is 27.9. The Hall–Kier alpha value is -3.35. The second kappa shape index (κ2) is 8.41. The van der Waals surface area contributed by atoms with E-state index in [1.165, 1.54) is 4.90 Å². The Bertz CT molecular complexity index is 1140. The minimum atomic E-state index is -0.719. The number of carbonyl (C=O) groups is 2. The van der Waals surface area contributed by atoms with E-state index in [0.29, 0.717) is 24.5 Å². The molecule has 0 bridgehead atoms. The van der Waals surface area contributed by atoms with E-state index >= 15 is 0 Å². The molecule has 1 unspecified atom stereocenters. The van der Waals surface area contributed by atoms with Gasteiger partial charge in [-0.05, 0) is 42.9 Å². The number of phenolic OH excluding ortho intramolecular Hbond substituents is 1. The van der Waals surface area contributed by atoms with Crippen LogP contribution in [0.15, 0.2) is 36.4 Å². The third kappa shape index (κ3) is 3.87. The van der Waals surface area contributed by atoms with Crippen LogP contribution in [0.25, 0.3) is 10.9 Å². The first-order valence-corrected chi connectivity index (χ1v) is 10.8. The molecule has 0 saturated carbocycles. The number of aromatic nitrogens is 2. The molecule has 7 nitrogen and oxygen atoms in total. The van der Waals surface area contributed by atoms with Gasteiger partial charge in [-0.1, -0.05) is 38.1 Å². The number of amides is 2. The molecular weight excluding hydrogens is 392 g/mol. The van der Waals surface area contributed by atoms with E-state index in [9.17, 15) is 14.7 Å². The molecule has 3 N–H and O–H groups in total. The van der Waals surface area contributed by atoms with E-state index in [0.717, 1.165) is 35.0 Å². The van der Waals surface area contributed by atoms with Crippen LogP contribution < -0.4 is 5.32 Å². The summed E-state index contributed by atoms with van der Waals surface area (Å²) in [6.45, 7) is 6.96. The zero-order chi connectivity index (χ0) is 22.1. The lowest BCUT2D eigenvalue weighted by Gasteiger charge is -2.25. The van der Waals surface area contributed by atoms with Gasteiger partial charge in [0.25, 0.3) is 5.91 Å². The van der Waals surface area contributed by atoms with Crippen molar-refractivity contribution >= 4 is 22.7 Å². The molecule has 0 radical (unpaired) electrons. The number of aryl methyl sites for hydroxylation is 1. The summed E-state index contributed by atoms with van der Waals surface area (Å²) in [6, 6.07) is 10.1. The molecule has 2 aromatic carbocycles. The number of nitrogens with one attached hydrogen (secondary N) is 2. The molecule has 31 heavy (non-hydrogen) atoms. The van der Waals surface area contributed by atoms with Crippen LogP contribution in [0.1, 0.15) is 60.4 Å². The highest BCUT2D eigenvalue weighted by molar-refractivity contribution is 6.03. The molecule has 1 aliphatic heterocycles. The Morgan fingerprint density at radius 1 is 1.29 bits per heavy atom. The van der Waals surface area contributed by atoms with E-state index < -0.39 is 6.04 Å². The minimum absolute atomic E-state index is 0.123. The van der Waals surface area contributed by atoms with Crippen molar-refractivity contribution in [2.24, 2.45) is 5.92 Å². The number of rotatable bonds is 6. The summed E-state index contributed by atoms with van der Waals surface area (Å²) in [5.74, 6) is -0.182. The maximum Gasteiger partial charge on any atom is 0.258 e. The third-order valence-corrected chi connectivity index (χ3v) is 5.81. The molecule has 162 valence electrons. The highest BCUT2D eigenvalue weighted by Crippen LogP contribution is 2.37. The van der Waals surface area contributed by atoms with Gasteiger partial charge >= 0.3 is 0 Å². The molecule has 7 heteroatoms. The lowest BCUT2D eigenvalue weighted by Crippen LogP contribution is -2.39. The van der Waals surface area contributed by atoms with Crippen molar-refractivity contribution in [2.45, 2.75) is 46.2 Å². The molecule has 2 heterocycles. The molecule has 0 saturated heterocycles. The highest BCUT2D eigenvalue weighted by Gasteiger charge is 2.39. The Morgan fingerprint density at radius 2 is 2.06 bits per heavy atom. The van der Waals surface area contributed by atoms with Gasteiger partial charge in [0.2, 0.25) is 5.91 Å². The average molecular weight is 421 g/mol. The van der Waals surface area contributed by atoms with Gasteiger partial charge in [0.1, 0.15) is 11.8 Å². The first-order valence-electron chi connectivity index (χ1n) is 10.8. The number of benzene rings is 2. The van der Waals surface area contributed by atoms with E-state index in [4.69, 9.17) is 0 Å². The molecular formula is C24H28N4O3. The lowest BCUT2D eigenvalue weighted by atomic mass is 10.0. The Labute approximate surface area is 181 Å². The summed E-state index contributed by atoms with van der Waals surface area (Å²) >= 11 is 0. The van der Waals surface area contributed by atoms with E-state index in [2.05, 4.69) is 29.4 Å². The lowest BCUT2D eigenvalue weighted by molar-refractivity contribution is -0.125. The van der Waals surface area contributed by atoms with Gasteiger partial charge in [-0.2, -0.15) is 5.10 Å². The molecule has 1 aromatic heterocycles. The van der Waals surface area contributed by atoms with Crippen molar-refractivity contribution in [3.63, 3.8) is 0 Å². The van der Waals surface area contributed by atoms with Crippen LogP contribution in [0.3, 0.4) is 0 Å². The number of hydrogen-bond acceptors (Lipinski definition) is 4. The van der Waals surface area contributed by atoms with Crippen LogP contribution in [0.5, 0.6) is 5.75 Å². The minimum Gasteiger partial charge on any atom is -0.507 e. The van der Waals surface area contributed by atoms with Gasteiger partial charge in [0, 0.05) is 24.5 Å². The normalized spacial score (nSPS) is 15.5. The topological polar surface area (TPSA) is 98.3 Å². The quantitative estimate of drug-likeness (QED) is 0.566. The van der Waals surface area contributed by atoms with Crippen LogP contribution in [0.4, 0.5) is 0 Å². The maximum atomic E-state index is 13.6. The zero-order valence-electron chi connectivity index (χ0n) is 18.1. The van der Waals surface area contributed by atoms with Crippen LogP contribution in [0.2, 0.25) is 0 Å². The van der Waals surface area contributed by atoms with Crippen molar-refractivity contribution in [1.29, 1.82) is 0 Å². The van der Waals surface area contributed by atoms with Crippen LogP contribution in [-0.4, -0.2) is 38.6 Å². The number of nitrogens with zero attached hydrogens (tertiary/aromatic N) is 2. The molecule has 0 aliphatic carbocycles. The van der Waals surface area contributed by atoms with Gasteiger partial charge in [-0.25, -0.2) is 0 Å². The van der Waals surface area contributed by atoms with Gasteiger partial charge < -0.3 is 15.3 Å². The summed E-state index contributed by atoms with van der Waals surface area (Å²) in [7, 11) is 0. The SMILES string of the molecule is CCNC(=O)C1c2ccccc2CN1C(=O)c1cc2c(CCC(C)C)n[nH]c2cc1O. The van der Waals surface area contributed by atoms with Gasteiger partial charge in [0.15, 0.2) is 0 Å². The molecule has 3 aromatic rings. The highest BCUT2D eigenvalue weighted by atomic mass is 16.3. The summed E-state index contributed by atoms with van der Waals surface area (Å²) < 4.78 is 0. The number of aromatic amines is 1. The third-order valence-electron chi connectivity index (χ3n) is 5.81. The Morgan fingerprint density at radius 3 is 2.81 bits per heavy atom. The number of carbonyl (C=O) groups excluding carboxylic acids is 2. The second-order valence-corrected chi connectivity index (χ2v) is 8.45. The molecule has 2 amide bonds. The van der Waals surface area contributed by atoms with E-state index in [-0.39, 0.29) is 23.1 Å². The standard InChI is InChI=1S/C24H28N4O3/c1-4-25-23(30)22-16-8-6-5-7-15(16)13-28(22)24(31)18-11-17-19(10-9-14(2)3)26-27-20(17)12-21(18)29/h5-8,11-12,14,22,29H,4,9-10,13H2,1-3H3,(H,25,30)(H,26,27). The fraction of sp³-hybridized carbons (Fsp3) is 0.375. The fourth-order valence-electron chi connectivity index (χ4n) is 4.18. The number of hydrogen-bond donors (Lipinski definition) is 3. The van der Waals surface area contributed by atoms with Crippen molar-refractivity contribution in [3.05, 3.63) is 58.8 Å². The predicted molar refractivity (Wildman–Crippen MR) is 119 cm³/mol. The Balaban J connectivity index is 1.72. The fourth-order valence-corrected chi connectivity index (χ4v) is 4.18. The number of fused-ring (bicyclic) bond motifs is 2. The molecule has 0 spiro atoms. The first kappa shape index (κ1) is 20.9. The number of aromatic hydroxyl groups is 1. The second-order valence-electron chi connectivity index (χ2n) is 8.45. The van der Waals surface area contributed by atoms with E-state index in [1.54, 1.807) is 12.1 Å². The van der Waals surface area contributed by atoms with Crippen molar-refractivity contribution in [2.75, 3.05) is 6.54 Å². The van der Waals surface area contributed by atoms with Crippen molar-refractivity contribution < 1.29 is 14.7 Å². The van der Waals surface area contributed by atoms with Crippen LogP contribution >= 0.6 is 0 Å². The van der Waals surface area contributed by atoms with Crippen molar-refractivity contribution in [3.8, 4) is 5.75 Å². The monoisotopic (exact) mass is 420 g/mol. The summed E-state index contributed by atoms with van der Waals surface area (Å²) in [6.07, 6.45) is 1.76. The largest absolute Gasteiger partial charge is 0.507 e. The number of H-pyrrole nitrogens is 1. The number of likely N-dealkylation sites (N-methyl/N-ethyl adjacent to an activating group) is 1. The summed E-state index contributed by atoms with van der Waals surface area (Å²) in [5, 5.41) is 21.6.